The second-order valence-corrected chi connectivity index (χ2v) is 8.13. The van der Waals surface area contributed by atoms with E-state index < -0.39 is 0 Å². The molecule has 3 rings (SSSR count). The van der Waals surface area contributed by atoms with Crippen molar-refractivity contribution in [2.45, 2.75) is 50.7 Å². The number of nitrogens with one attached hydrogen (secondary N) is 1. The summed E-state index contributed by atoms with van der Waals surface area (Å²) in [5.74, 6) is -0.246. The molecule has 0 bridgehead atoms. The van der Waals surface area contributed by atoms with E-state index in [0.717, 1.165) is 18.4 Å². The predicted molar refractivity (Wildman–Crippen MR) is 97.7 cm³/mol. The molecule has 1 unspecified atom stereocenters. The first kappa shape index (κ1) is 19.1. The number of nitrogens with zero attached hydrogens (tertiary/aromatic N) is 1. The molecular formula is C20H29FN2O3. The first-order valence-corrected chi connectivity index (χ1v) is 9.34. The van der Waals surface area contributed by atoms with Crippen molar-refractivity contribution in [3.05, 3.63) is 35.6 Å². The zero-order chi connectivity index (χ0) is 18.8. The van der Waals surface area contributed by atoms with Crippen molar-refractivity contribution in [2.75, 3.05) is 32.8 Å². The van der Waals surface area contributed by atoms with Crippen molar-refractivity contribution < 1.29 is 18.7 Å². The smallest absolute Gasteiger partial charge is 0.317 e. The topological polar surface area (TPSA) is 50.8 Å². The number of hydrogen-bond donors (Lipinski definition) is 1. The number of carbonyl (C=O) groups excluding carboxylic acids is 1. The van der Waals surface area contributed by atoms with Crippen LogP contribution < -0.4 is 5.32 Å². The molecule has 2 aliphatic heterocycles. The van der Waals surface area contributed by atoms with E-state index in [2.05, 4.69) is 5.32 Å². The van der Waals surface area contributed by atoms with Gasteiger partial charge in [0.2, 0.25) is 0 Å². The Hall–Kier alpha value is -1.66. The van der Waals surface area contributed by atoms with Crippen LogP contribution in [0, 0.1) is 5.82 Å². The second-order valence-electron chi connectivity index (χ2n) is 8.13. The van der Waals surface area contributed by atoms with E-state index in [9.17, 15) is 9.18 Å². The Labute approximate surface area is 154 Å². The number of halogens is 1. The lowest BCUT2D eigenvalue weighted by molar-refractivity contribution is -0.117. The Bertz CT molecular complexity index is 626. The van der Waals surface area contributed by atoms with Gasteiger partial charge in [0.05, 0.1) is 18.2 Å². The van der Waals surface area contributed by atoms with Gasteiger partial charge in [0, 0.05) is 31.7 Å². The maximum absolute atomic E-state index is 13.3. The summed E-state index contributed by atoms with van der Waals surface area (Å²) in [6.07, 6.45) is 1.63. The third-order valence-corrected chi connectivity index (χ3v) is 5.34. The maximum Gasteiger partial charge on any atom is 0.317 e. The number of urea groups is 1. The number of morpholine rings is 1. The van der Waals surface area contributed by atoms with E-state index in [1.807, 2.05) is 37.8 Å². The standard InChI is InChI=1S/C20H29FN2O3/c1-15-12-23(14-19(2,3)26-15)18(24)22-13-20(8-10-25-11-9-20)16-4-6-17(21)7-5-16/h4-7,15H,8-14H2,1-3H3,(H,22,24). The minimum Gasteiger partial charge on any atom is -0.381 e. The monoisotopic (exact) mass is 364 g/mol. The Morgan fingerprint density at radius 2 is 1.92 bits per heavy atom. The third-order valence-electron chi connectivity index (χ3n) is 5.34. The molecule has 2 heterocycles. The zero-order valence-electron chi connectivity index (χ0n) is 15.9. The summed E-state index contributed by atoms with van der Waals surface area (Å²) in [6.45, 7) is 8.96. The molecule has 6 heteroatoms. The number of benzene rings is 1. The van der Waals surface area contributed by atoms with Gasteiger partial charge in [0.25, 0.3) is 0 Å². The highest BCUT2D eigenvalue weighted by Crippen LogP contribution is 2.34. The lowest BCUT2D eigenvalue weighted by Gasteiger charge is -2.43. The van der Waals surface area contributed by atoms with Crippen LogP contribution in [0.4, 0.5) is 9.18 Å². The van der Waals surface area contributed by atoms with Crippen LogP contribution in [0.3, 0.4) is 0 Å². The van der Waals surface area contributed by atoms with Gasteiger partial charge in [-0.1, -0.05) is 12.1 Å². The number of carbonyl (C=O) groups is 1. The van der Waals surface area contributed by atoms with E-state index in [1.165, 1.54) is 12.1 Å². The van der Waals surface area contributed by atoms with Crippen molar-refractivity contribution in [1.82, 2.24) is 10.2 Å². The van der Waals surface area contributed by atoms with Crippen molar-refractivity contribution in [3.63, 3.8) is 0 Å². The maximum atomic E-state index is 13.3. The fraction of sp³-hybridized carbons (Fsp3) is 0.650. The average molecular weight is 364 g/mol. The molecule has 2 aliphatic rings. The number of amides is 2. The highest BCUT2D eigenvalue weighted by Gasteiger charge is 2.37. The molecule has 1 N–H and O–H groups in total. The van der Waals surface area contributed by atoms with Crippen LogP contribution in [0.15, 0.2) is 24.3 Å². The summed E-state index contributed by atoms with van der Waals surface area (Å²) in [5.41, 5.74) is 0.496. The quantitative estimate of drug-likeness (QED) is 0.897. The van der Waals surface area contributed by atoms with Crippen LogP contribution in [0.2, 0.25) is 0 Å². The van der Waals surface area contributed by atoms with E-state index in [0.29, 0.717) is 32.8 Å². The van der Waals surface area contributed by atoms with E-state index >= 15 is 0 Å². The SMILES string of the molecule is CC1CN(C(=O)NCC2(c3ccc(F)cc3)CCOCC2)CC(C)(C)O1. The van der Waals surface area contributed by atoms with Gasteiger partial charge in [0.1, 0.15) is 5.82 Å². The lowest BCUT2D eigenvalue weighted by Crippen LogP contribution is -2.57. The highest BCUT2D eigenvalue weighted by atomic mass is 19.1. The molecule has 144 valence electrons. The van der Waals surface area contributed by atoms with Gasteiger partial charge in [-0.25, -0.2) is 9.18 Å². The zero-order valence-corrected chi connectivity index (χ0v) is 15.9. The van der Waals surface area contributed by atoms with Crippen molar-refractivity contribution in [1.29, 1.82) is 0 Å². The van der Waals surface area contributed by atoms with Gasteiger partial charge >= 0.3 is 6.03 Å². The normalized spacial score (nSPS) is 24.9. The van der Waals surface area contributed by atoms with Gasteiger partial charge in [-0.2, -0.15) is 0 Å². The fourth-order valence-corrected chi connectivity index (χ4v) is 4.10. The molecule has 2 saturated heterocycles. The molecule has 0 radical (unpaired) electrons. The van der Waals surface area contributed by atoms with Crippen LogP contribution in [0.1, 0.15) is 39.2 Å². The van der Waals surface area contributed by atoms with Gasteiger partial charge < -0.3 is 19.7 Å². The van der Waals surface area contributed by atoms with Gasteiger partial charge in [-0.05, 0) is 51.3 Å². The molecular weight excluding hydrogens is 335 g/mol. The molecule has 2 amide bonds. The summed E-state index contributed by atoms with van der Waals surface area (Å²) in [5, 5.41) is 3.12. The Morgan fingerprint density at radius 3 is 2.54 bits per heavy atom. The van der Waals surface area contributed by atoms with E-state index in [4.69, 9.17) is 9.47 Å². The summed E-state index contributed by atoms with van der Waals surface area (Å²) in [6, 6.07) is 6.56. The summed E-state index contributed by atoms with van der Waals surface area (Å²) < 4.78 is 24.7. The van der Waals surface area contributed by atoms with Gasteiger partial charge in [0.15, 0.2) is 0 Å². The molecule has 0 spiro atoms. The van der Waals surface area contributed by atoms with Crippen molar-refractivity contribution in [2.24, 2.45) is 0 Å². The van der Waals surface area contributed by atoms with Crippen LogP contribution >= 0.6 is 0 Å². The molecule has 1 aromatic carbocycles. The Kier molecular flexibility index (Phi) is 5.53. The first-order valence-electron chi connectivity index (χ1n) is 9.34. The molecule has 0 saturated carbocycles. The average Bonchev–Trinajstić information content (AvgIpc) is 2.59. The van der Waals surface area contributed by atoms with Gasteiger partial charge in [-0.3, -0.25) is 0 Å². The lowest BCUT2D eigenvalue weighted by atomic mass is 9.74. The van der Waals surface area contributed by atoms with E-state index in [-0.39, 0.29) is 29.0 Å². The summed E-state index contributed by atoms with van der Waals surface area (Å²) in [4.78, 5) is 14.6. The largest absolute Gasteiger partial charge is 0.381 e. The molecule has 5 nitrogen and oxygen atoms in total. The second kappa shape index (κ2) is 7.53. The van der Waals surface area contributed by atoms with Crippen LogP contribution in [0.5, 0.6) is 0 Å². The Morgan fingerprint density at radius 1 is 1.27 bits per heavy atom. The molecule has 1 atom stereocenters. The molecule has 1 aromatic rings. The minimum atomic E-state index is -0.345. The predicted octanol–water partition coefficient (Wildman–Crippen LogP) is 3.08. The number of rotatable bonds is 3. The summed E-state index contributed by atoms with van der Waals surface area (Å²) in [7, 11) is 0. The molecule has 0 aromatic heterocycles. The Balaban J connectivity index is 1.70. The molecule has 2 fully saturated rings. The summed E-state index contributed by atoms with van der Waals surface area (Å²) >= 11 is 0. The fourth-order valence-electron chi connectivity index (χ4n) is 4.10. The third kappa shape index (κ3) is 4.35. The molecule has 0 aliphatic carbocycles. The number of hydrogen-bond acceptors (Lipinski definition) is 3. The number of ether oxygens (including phenoxy) is 2. The van der Waals surface area contributed by atoms with Crippen molar-refractivity contribution >= 4 is 6.03 Å². The molecule has 26 heavy (non-hydrogen) atoms. The van der Waals surface area contributed by atoms with E-state index in [1.54, 1.807) is 0 Å². The van der Waals surface area contributed by atoms with Gasteiger partial charge in [-0.15, -0.1) is 0 Å². The first-order chi connectivity index (χ1) is 12.3. The van der Waals surface area contributed by atoms with Crippen LogP contribution in [0.25, 0.3) is 0 Å². The van der Waals surface area contributed by atoms with Crippen LogP contribution in [-0.2, 0) is 14.9 Å². The highest BCUT2D eigenvalue weighted by molar-refractivity contribution is 5.74. The van der Waals surface area contributed by atoms with Crippen molar-refractivity contribution in [3.8, 4) is 0 Å². The van der Waals surface area contributed by atoms with Crippen LogP contribution in [-0.4, -0.2) is 55.5 Å². The minimum absolute atomic E-state index is 0.0126.